The van der Waals surface area contributed by atoms with Crippen LogP contribution in [0.15, 0.2) is 23.1 Å². The summed E-state index contributed by atoms with van der Waals surface area (Å²) in [7, 11) is -4.67. The van der Waals surface area contributed by atoms with Crippen molar-refractivity contribution in [3.05, 3.63) is 29.8 Å². The van der Waals surface area contributed by atoms with Crippen LogP contribution in [0.5, 0.6) is 0 Å². The number of halogens is 2. The van der Waals surface area contributed by atoms with E-state index in [1.54, 1.807) is 0 Å². The van der Waals surface area contributed by atoms with E-state index in [2.05, 4.69) is 0 Å². The van der Waals surface area contributed by atoms with E-state index in [0.717, 1.165) is 18.2 Å². The van der Waals surface area contributed by atoms with Gasteiger partial charge in [0.15, 0.2) is 11.6 Å². The second kappa shape index (κ2) is 2.80. The summed E-state index contributed by atoms with van der Waals surface area (Å²) in [4.78, 5) is -1.05. The van der Waals surface area contributed by atoms with Gasteiger partial charge in [-0.1, -0.05) is 6.07 Å². The van der Waals surface area contributed by atoms with E-state index in [4.69, 9.17) is 4.55 Å². The first-order valence-corrected chi connectivity index (χ1v) is 4.28. The number of hydrogen-bond acceptors (Lipinski definition) is 2. The van der Waals surface area contributed by atoms with Crippen LogP contribution < -0.4 is 0 Å². The molecule has 3 nitrogen and oxygen atoms in total. The first-order chi connectivity index (χ1) is 5.43. The van der Waals surface area contributed by atoms with E-state index in [1.165, 1.54) is 0 Å². The van der Waals surface area contributed by atoms with E-state index >= 15 is 0 Å². The average Bonchev–Trinajstić information content (AvgIpc) is 1.92. The molecule has 66 valence electrons. The Balaban J connectivity index is 3.47. The SMILES string of the molecule is O=S(=O)(O)c1cccc(F)c1F. The van der Waals surface area contributed by atoms with Crippen molar-refractivity contribution in [1.82, 2.24) is 0 Å². The average molecular weight is 194 g/mol. The first-order valence-electron chi connectivity index (χ1n) is 2.84. The summed E-state index contributed by atoms with van der Waals surface area (Å²) < 4.78 is 54.0. The maximum atomic E-state index is 12.6. The third kappa shape index (κ3) is 1.59. The van der Waals surface area contributed by atoms with Gasteiger partial charge in [0, 0.05) is 0 Å². The number of hydrogen-bond donors (Lipinski definition) is 1. The topological polar surface area (TPSA) is 54.4 Å². The zero-order valence-electron chi connectivity index (χ0n) is 5.66. The van der Waals surface area contributed by atoms with Crippen molar-refractivity contribution in [1.29, 1.82) is 0 Å². The van der Waals surface area contributed by atoms with Crippen molar-refractivity contribution < 1.29 is 21.8 Å². The van der Waals surface area contributed by atoms with Crippen LogP contribution in [0.25, 0.3) is 0 Å². The molecule has 0 aromatic heterocycles. The van der Waals surface area contributed by atoms with Crippen molar-refractivity contribution in [2.75, 3.05) is 0 Å². The van der Waals surface area contributed by atoms with Gasteiger partial charge < -0.3 is 0 Å². The Bertz CT molecular complexity index is 399. The molecule has 0 amide bonds. The predicted octanol–water partition coefficient (Wildman–Crippen LogP) is 1.21. The van der Waals surface area contributed by atoms with Gasteiger partial charge >= 0.3 is 0 Å². The second-order valence-corrected chi connectivity index (χ2v) is 3.42. The van der Waals surface area contributed by atoms with E-state index in [1.807, 2.05) is 0 Å². The molecule has 0 spiro atoms. The Morgan fingerprint density at radius 2 is 1.83 bits per heavy atom. The summed E-state index contributed by atoms with van der Waals surface area (Å²) in [6.45, 7) is 0. The summed E-state index contributed by atoms with van der Waals surface area (Å²) in [6.07, 6.45) is 0. The molecule has 0 aliphatic rings. The molecule has 1 aromatic rings. The Kier molecular flexibility index (Phi) is 2.12. The molecule has 12 heavy (non-hydrogen) atoms. The summed E-state index contributed by atoms with van der Waals surface area (Å²) in [5.74, 6) is -2.88. The van der Waals surface area contributed by atoms with Gasteiger partial charge in [-0.3, -0.25) is 4.55 Å². The van der Waals surface area contributed by atoms with Crippen molar-refractivity contribution in [2.24, 2.45) is 0 Å². The maximum Gasteiger partial charge on any atom is 0.297 e. The third-order valence-electron chi connectivity index (χ3n) is 1.19. The van der Waals surface area contributed by atoms with Crippen molar-refractivity contribution in [2.45, 2.75) is 4.90 Å². The molecule has 1 N–H and O–H groups in total. The van der Waals surface area contributed by atoms with Crippen molar-refractivity contribution in [3.63, 3.8) is 0 Å². The van der Waals surface area contributed by atoms with Gasteiger partial charge in [-0.05, 0) is 12.1 Å². The van der Waals surface area contributed by atoms with Crippen LogP contribution in [-0.4, -0.2) is 13.0 Å². The molecule has 0 atom stereocenters. The molecular weight excluding hydrogens is 190 g/mol. The zero-order chi connectivity index (χ0) is 9.35. The quantitative estimate of drug-likeness (QED) is 0.683. The van der Waals surface area contributed by atoms with Gasteiger partial charge in [-0.2, -0.15) is 8.42 Å². The lowest BCUT2D eigenvalue weighted by Gasteiger charge is -1.98. The van der Waals surface area contributed by atoms with E-state index in [9.17, 15) is 17.2 Å². The lowest BCUT2D eigenvalue weighted by molar-refractivity contribution is 0.454. The van der Waals surface area contributed by atoms with Gasteiger partial charge in [0.05, 0.1) is 0 Å². The van der Waals surface area contributed by atoms with Crippen LogP contribution >= 0.6 is 0 Å². The highest BCUT2D eigenvalue weighted by molar-refractivity contribution is 7.85. The van der Waals surface area contributed by atoms with Crippen LogP contribution in [0, 0.1) is 11.6 Å². The number of rotatable bonds is 1. The molecule has 0 fully saturated rings. The third-order valence-corrected chi connectivity index (χ3v) is 2.07. The highest BCUT2D eigenvalue weighted by Gasteiger charge is 2.17. The molecule has 0 unspecified atom stereocenters. The zero-order valence-corrected chi connectivity index (χ0v) is 6.48. The molecule has 1 aromatic carbocycles. The molecule has 6 heteroatoms. The number of benzene rings is 1. The molecule has 0 saturated heterocycles. The highest BCUT2D eigenvalue weighted by Crippen LogP contribution is 2.15. The minimum Gasteiger partial charge on any atom is -0.282 e. The Morgan fingerprint density at radius 1 is 1.25 bits per heavy atom. The molecule has 0 heterocycles. The molecule has 0 aliphatic heterocycles. The lowest BCUT2D eigenvalue weighted by Crippen LogP contribution is -2.02. The Hall–Kier alpha value is -1.01. The predicted molar refractivity (Wildman–Crippen MR) is 36.2 cm³/mol. The fourth-order valence-electron chi connectivity index (χ4n) is 0.683. The smallest absolute Gasteiger partial charge is 0.282 e. The van der Waals surface area contributed by atoms with Gasteiger partial charge in [-0.25, -0.2) is 8.78 Å². The second-order valence-electron chi connectivity index (χ2n) is 2.03. The van der Waals surface area contributed by atoms with E-state index in [-0.39, 0.29) is 0 Å². The minimum absolute atomic E-state index is 0.754. The van der Waals surface area contributed by atoms with Crippen LogP contribution in [0.4, 0.5) is 8.78 Å². The fraction of sp³-hybridized carbons (Fsp3) is 0. The molecular formula is C6H4F2O3S. The highest BCUT2D eigenvalue weighted by atomic mass is 32.2. The summed E-state index contributed by atoms with van der Waals surface area (Å²) in [5, 5.41) is 0. The first kappa shape index (κ1) is 9.08. The molecule has 0 radical (unpaired) electrons. The fourth-order valence-corrected chi connectivity index (χ4v) is 1.26. The van der Waals surface area contributed by atoms with Gasteiger partial charge in [0.25, 0.3) is 10.1 Å². The molecule has 1 rings (SSSR count). The Labute approximate surface area is 67.4 Å². The van der Waals surface area contributed by atoms with Crippen LogP contribution in [0.3, 0.4) is 0 Å². The summed E-state index contributed by atoms with van der Waals surface area (Å²) in [6, 6.07) is 2.51. The minimum atomic E-state index is -4.67. The Morgan fingerprint density at radius 3 is 2.25 bits per heavy atom. The maximum absolute atomic E-state index is 12.6. The normalized spacial score (nSPS) is 11.6. The lowest BCUT2D eigenvalue weighted by atomic mass is 10.3. The molecule has 0 aliphatic carbocycles. The van der Waals surface area contributed by atoms with Crippen molar-refractivity contribution in [3.8, 4) is 0 Å². The van der Waals surface area contributed by atoms with Gasteiger partial charge in [0.2, 0.25) is 0 Å². The van der Waals surface area contributed by atoms with Crippen LogP contribution in [-0.2, 0) is 10.1 Å². The molecule has 0 saturated carbocycles. The van der Waals surface area contributed by atoms with Gasteiger partial charge in [0.1, 0.15) is 4.90 Å². The standard InChI is InChI=1S/C6H4F2O3S/c7-4-2-1-3-5(6(4)8)12(9,10)11/h1-3H,(H,9,10,11). The van der Waals surface area contributed by atoms with Crippen LogP contribution in [0.1, 0.15) is 0 Å². The van der Waals surface area contributed by atoms with Gasteiger partial charge in [-0.15, -0.1) is 0 Å². The van der Waals surface area contributed by atoms with E-state index < -0.39 is 26.6 Å². The monoisotopic (exact) mass is 194 g/mol. The van der Waals surface area contributed by atoms with E-state index in [0.29, 0.717) is 0 Å². The largest absolute Gasteiger partial charge is 0.297 e. The van der Waals surface area contributed by atoms with Crippen molar-refractivity contribution >= 4 is 10.1 Å². The summed E-state index contributed by atoms with van der Waals surface area (Å²) in [5.41, 5.74) is 0. The molecule has 0 bridgehead atoms. The summed E-state index contributed by atoms with van der Waals surface area (Å²) >= 11 is 0. The van der Waals surface area contributed by atoms with Crippen LogP contribution in [0.2, 0.25) is 0 Å².